The molecule has 2 atom stereocenters. The lowest BCUT2D eigenvalue weighted by molar-refractivity contribution is -0.145. The molecule has 1 aromatic carbocycles. The number of hydrogen-bond donors (Lipinski definition) is 2. The molecule has 1 aromatic heterocycles. The normalized spacial score (nSPS) is 17.4. The minimum Gasteiger partial charge on any atom is -0.495 e. The van der Waals surface area contributed by atoms with Crippen LogP contribution < -0.4 is 0 Å². The van der Waals surface area contributed by atoms with Gasteiger partial charge in [0.25, 0.3) is 0 Å². The number of carbonyl (C=O) groups is 1. The number of aromatic nitrogens is 2. The van der Waals surface area contributed by atoms with Crippen LogP contribution in [0.4, 0.5) is 4.39 Å². The van der Waals surface area contributed by atoms with Crippen LogP contribution in [0.3, 0.4) is 0 Å². The molecule has 0 bridgehead atoms. The Balaban J connectivity index is 2.05. The maximum atomic E-state index is 13.5. The third kappa shape index (κ3) is 4.48. The molecule has 10 heteroatoms. The van der Waals surface area contributed by atoms with Gasteiger partial charge in [-0.25, -0.2) is 13.9 Å². The second-order valence-electron chi connectivity index (χ2n) is 6.54. The van der Waals surface area contributed by atoms with E-state index in [1.54, 1.807) is 18.2 Å². The number of allylic oxidation sites excluding steroid dienone is 1. The second kappa shape index (κ2) is 9.29. The number of benzene rings is 1. The standard InChI is InChI=1S/C20H21ClFN3O5/c1-29-6-5-17(20(27)28)24-11-18(30-2)15(8-19(24)26)14-7-12(21)3-4-16(14)25-10-13(22)9-23-25/h3-4,7-11,17,19,26H,5-6H2,1-2H3,(H,27,28). The van der Waals surface area contributed by atoms with E-state index in [1.807, 2.05) is 0 Å². The number of halogens is 2. The zero-order valence-electron chi connectivity index (χ0n) is 16.3. The van der Waals surface area contributed by atoms with E-state index in [0.29, 0.717) is 27.6 Å². The van der Waals surface area contributed by atoms with E-state index >= 15 is 0 Å². The van der Waals surface area contributed by atoms with Crippen molar-refractivity contribution in [1.29, 1.82) is 0 Å². The van der Waals surface area contributed by atoms with Crippen LogP contribution in [0.2, 0.25) is 5.02 Å². The minimum atomic E-state index is -1.25. The number of hydrogen-bond acceptors (Lipinski definition) is 6. The average molecular weight is 438 g/mol. The summed E-state index contributed by atoms with van der Waals surface area (Å²) < 4.78 is 25.3. The second-order valence-corrected chi connectivity index (χ2v) is 6.98. The number of aliphatic hydroxyl groups excluding tert-OH is 1. The lowest BCUT2D eigenvalue weighted by Gasteiger charge is -2.35. The molecule has 1 aliphatic rings. The van der Waals surface area contributed by atoms with Gasteiger partial charge >= 0.3 is 5.97 Å². The SMILES string of the molecule is COCCC(C(=O)O)N1C=C(OC)C(c2cc(Cl)ccc2-n2cc(F)cn2)=CC1O. The van der Waals surface area contributed by atoms with Gasteiger partial charge in [0.1, 0.15) is 18.0 Å². The molecule has 30 heavy (non-hydrogen) atoms. The van der Waals surface area contributed by atoms with Crippen molar-refractivity contribution in [1.82, 2.24) is 14.7 Å². The summed E-state index contributed by atoms with van der Waals surface area (Å²) in [5, 5.41) is 24.7. The molecular weight excluding hydrogens is 417 g/mol. The van der Waals surface area contributed by atoms with Gasteiger partial charge in [-0.15, -0.1) is 0 Å². The molecule has 1 aliphatic heterocycles. The third-order valence-corrected chi connectivity index (χ3v) is 4.90. The van der Waals surface area contributed by atoms with Gasteiger partial charge in [0.2, 0.25) is 0 Å². The molecule has 2 aromatic rings. The summed E-state index contributed by atoms with van der Waals surface area (Å²) in [4.78, 5) is 13.0. The summed E-state index contributed by atoms with van der Waals surface area (Å²) in [6, 6.07) is 3.90. The van der Waals surface area contributed by atoms with Crippen molar-refractivity contribution in [3.8, 4) is 5.69 Å². The Bertz CT molecular complexity index is 991. The van der Waals surface area contributed by atoms with Crippen molar-refractivity contribution in [3.63, 3.8) is 0 Å². The number of nitrogens with zero attached hydrogens (tertiary/aromatic N) is 3. The zero-order chi connectivity index (χ0) is 21.8. The first-order valence-electron chi connectivity index (χ1n) is 9.01. The number of aliphatic hydroxyl groups is 1. The number of carboxylic acid groups (broad SMARTS) is 1. The van der Waals surface area contributed by atoms with Gasteiger partial charge in [0.05, 0.1) is 25.2 Å². The van der Waals surface area contributed by atoms with Gasteiger partial charge in [-0.1, -0.05) is 11.6 Å². The topological polar surface area (TPSA) is 97.0 Å². The highest BCUT2D eigenvalue weighted by Crippen LogP contribution is 2.35. The van der Waals surface area contributed by atoms with E-state index in [9.17, 15) is 19.4 Å². The van der Waals surface area contributed by atoms with E-state index in [-0.39, 0.29) is 13.0 Å². The predicted octanol–water partition coefficient (Wildman–Crippen LogP) is 2.66. The monoisotopic (exact) mass is 437 g/mol. The molecular formula is C20H21ClFN3O5. The summed E-state index contributed by atoms with van der Waals surface area (Å²) in [6.07, 6.45) is 4.08. The van der Waals surface area contributed by atoms with E-state index < -0.39 is 24.1 Å². The van der Waals surface area contributed by atoms with E-state index in [4.69, 9.17) is 21.1 Å². The molecule has 2 unspecified atom stereocenters. The van der Waals surface area contributed by atoms with Gasteiger partial charge < -0.3 is 24.6 Å². The molecule has 0 saturated carbocycles. The van der Waals surface area contributed by atoms with Crippen molar-refractivity contribution >= 4 is 23.1 Å². The first kappa shape index (κ1) is 21.8. The fourth-order valence-corrected chi connectivity index (χ4v) is 3.42. The maximum Gasteiger partial charge on any atom is 0.326 e. The molecule has 0 fully saturated rings. The van der Waals surface area contributed by atoms with Crippen molar-refractivity contribution in [2.75, 3.05) is 20.8 Å². The zero-order valence-corrected chi connectivity index (χ0v) is 17.1. The molecule has 3 rings (SSSR count). The summed E-state index contributed by atoms with van der Waals surface area (Å²) in [6.45, 7) is 0.205. The Labute approximate surface area is 177 Å². The number of carboxylic acids is 1. The number of rotatable bonds is 8. The molecule has 0 saturated heterocycles. The molecule has 8 nitrogen and oxygen atoms in total. The molecule has 2 heterocycles. The van der Waals surface area contributed by atoms with Gasteiger partial charge in [0.15, 0.2) is 5.82 Å². The Morgan fingerprint density at radius 1 is 1.40 bits per heavy atom. The highest BCUT2D eigenvalue weighted by Gasteiger charge is 2.32. The first-order valence-corrected chi connectivity index (χ1v) is 9.39. The summed E-state index contributed by atoms with van der Waals surface area (Å²) >= 11 is 6.18. The Hall–Kier alpha value is -2.88. The van der Waals surface area contributed by atoms with Crippen molar-refractivity contribution in [2.24, 2.45) is 0 Å². The van der Waals surface area contributed by atoms with Gasteiger partial charge in [-0.3, -0.25) is 0 Å². The van der Waals surface area contributed by atoms with Crippen molar-refractivity contribution < 1.29 is 28.9 Å². The van der Waals surface area contributed by atoms with Crippen LogP contribution in [0.5, 0.6) is 0 Å². The minimum absolute atomic E-state index is 0.161. The Kier molecular flexibility index (Phi) is 6.76. The largest absolute Gasteiger partial charge is 0.495 e. The Morgan fingerprint density at radius 3 is 2.77 bits per heavy atom. The van der Waals surface area contributed by atoms with E-state index in [0.717, 1.165) is 6.20 Å². The lowest BCUT2D eigenvalue weighted by Crippen LogP contribution is -2.45. The number of ether oxygens (including phenoxy) is 2. The molecule has 0 aliphatic carbocycles. The lowest BCUT2D eigenvalue weighted by atomic mass is 9.98. The van der Waals surface area contributed by atoms with Gasteiger partial charge in [0, 0.05) is 42.5 Å². The van der Waals surface area contributed by atoms with Crippen molar-refractivity contribution in [3.05, 3.63) is 65.0 Å². The number of aliphatic carboxylic acids is 1. The van der Waals surface area contributed by atoms with E-state index in [2.05, 4.69) is 5.10 Å². The van der Waals surface area contributed by atoms with Crippen LogP contribution in [0.15, 0.2) is 48.6 Å². The fourth-order valence-electron chi connectivity index (χ4n) is 3.24. The van der Waals surface area contributed by atoms with Crippen LogP contribution in [-0.2, 0) is 14.3 Å². The molecule has 2 N–H and O–H groups in total. The smallest absolute Gasteiger partial charge is 0.326 e. The maximum absolute atomic E-state index is 13.5. The summed E-state index contributed by atoms with van der Waals surface area (Å²) in [7, 11) is 2.90. The molecule has 0 amide bonds. The molecule has 160 valence electrons. The molecule has 0 spiro atoms. The highest BCUT2D eigenvalue weighted by molar-refractivity contribution is 6.30. The fraction of sp³-hybridized carbons (Fsp3) is 0.300. The average Bonchev–Trinajstić information content (AvgIpc) is 3.14. The van der Waals surface area contributed by atoms with E-state index in [1.165, 1.54) is 42.3 Å². The highest BCUT2D eigenvalue weighted by atomic mass is 35.5. The van der Waals surface area contributed by atoms with Crippen LogP contribution in [-0.4, -0.2) is 64.0 Å². The quantitative estimate of drug-likeness (QED) is 0.655. The van der Waals surface area contributed by atoms with Crippen LogP contribution >= 0.6 is 11.6 Å². The predicted molar refractivity (Wildman–Crippen MR) is 107 cm³/mol. The first-order chi connectivity index (χ1) is 14.3. The summed E-state index contributed by atoms with van der Waals surface area (Å²) in [5.74, 6) is -1.31. The van der Waals surface area contributed by atoms with Crippen LogP contribution in [0.25, 0.3) is 11.3 Å². The van der Waals surface area contributed by atoms with Crippen molar-refractivity contribution in [2.45, 2.75) is 18.7 Å². The molecule has 0 radical (unpaired) electrons. The summed E-state index contributed by atoms with van der Waals surface area (Å²) in [5.41, 5.74) is 1.50. The third-order valence-electron chi connectivity index (χ3n) is 4.66. The van der Waals surface area contributed by atoms with Gasteiger partial charge in [-0.05, 0) is 24.3 Å². The number of methoxy groups -OCH3 is 2. The van der Waals surface area contributed by atoms with Crippen LogP contribution in [0, 0.1) is 5.82 Å². The van der Waals surface area contributed by atoms with Gasteiger partial charge in [-0.2, -0.15) is 5.10 Å². The Morgan fingerprint density at radius 2 is 2.17 bits per heavy atom. The van der Waals surface area contributed by atoms with Crippen LogP contribution in [0.1, 0.15) is 12.0 Å².